The molecule has 2 amide bonds. The van der Waals surface area contributed by atoms with Crippen LogP contribution in [0, 0.1) is 0 Å². The Morgan fingerprint density at radius 3 is 0.672 bits per heavy atom. The molecule has 0 bridgehead atoms. The van der Waals surface area contributed by atoms with Gasteiger partial charge in [0.05, 0.1) is 33.6 Å². The highest BCUT2D eigenvalue weighted by molar-refractivity contribution is 6.44. The minimum absolute atomic E-state index is 0.0582. The minimum atomic E-state index is -4.70. The lowest BCUT2D eigenvalue weighted by Gasteiger charge is -2.19. The van der Waals surface area contributed by atoms with Gasteiger partial charge in [-0.05, 0) is 70.8 Å². The molecule has 0 unspecified atom stereocenters. The maximum atomic E-state index is 13.8. The van der Waals surface area contributed by atoms with E-state index in [-0.39, 0.29) is 55.9 Å². The van der Waals surface area contributed by atoms with Crippen molar-refractivity contribution < 1.29 is 62.3 Å². The van der Waals surface area contributed by atoms with Crippen LogP contribution in [-0.4, -0.2) is 11.8 Å². The predicted molar refractivity (Wildman–Crippen MR) is 192 cm³/mol. The molecule has 0 heterocycles. The number of anilines is 2. The van der Waals surface area contributed by atoms with Crippen molar-refractivity contribution in [2.24, 2.45) is 0 Å². The first-order valence-electron chi connectivity index (χ1n) is 16.7. The Balaban J connectivity index is 1.43. The summed E-state index contributed by atoms with van der Waals surface area (Å²) in [7, 11) is 0. The molecule has 6 aromatic carbocycles. The third kappa shape index (κ3) is 9.01. The molecule has 58 heavy (non-hydrogen) atoms. The third-order valence-electron chi connectivity index (χ3n) is 8.91. The van der Waals surface area contributed by atoms with Crippen LogP contribution in [0.25, 0.3) is 44.5 Å². The summed E-state index contributed by atoms with van der Waals surface area (Å²) in [6.45, 7) is 0. The standard InChI is InChI=1S/C42H24F12N2O2/c43-39(44,45)27-15-7-23(8-16-27)31-3-1-4-32(24-9-17-28(18-10-24)40(46,47)48)35(31)55-37(57)38(58)56-36-33(25-11-19-29(20-12-25)41(49,50)51)5-2-6-34(36)26-13-21-30(22-14-26)42(52,53)54/h1-22H,(H,55,57)(H,56,58). The molecule has 0 saturated carbocycles. The van der Waals surface area contributed by atoms with E-state index >= 15 is 0 Å². The van der Waals surface area contributed by atoms with Gasteiger partial charge in [-0.1, -0.05) is 84.9 Å². The number of halogens is 12. The first kappa shape index (κ1) is 41.1. The largest absolute Gasteiger partial charge is 0.416 e. The van der Waals surface area contributed by atoms with Gasteiger partial charge in [-0.25, -0.2) is 0 Å². The maximum Gasteiger partial charge on any atom is 0.416 e. The van der Waals surface area contributed by atoms with Gasteiger partial charge in [0.15, 0.2) is 0 Å². The van der Waals surface area contributed by atoms with Crippen LogP contribution in [0.2, 0.25) is 0 Å². The Morgan fingerprint density at radius 1 is 0.310 bits per heavy atom. The molecule has 0 aliphatic rings. The monoisotopic (exact) mass is 816 g/mol. The number of para-hydroxylation sites is 2. The molecule has 0 saturated heterocycles. The van der Waals surface area contributed by atoms with Gasteiger partial charge in [0.25, 0.3) is 0 Å². The zero-order valence-corrected chi connectivity index (χ0v) is 29.1. The van der Waals surface area contributed by atoms with E-state index in [2.05, 4.69) is 10.6 Å². The van der Waals surface area contributed by atoms with Crippen molar-refractivity contribution in [3.63, 3.8) is 0 Å². The molecule has 0 aliphatic carbocycles. The molecule has 0 aliphatic heterocycles. The summed E-state index contributed by atoms with van der Waals surface area (Å²) in [5.74, 6) is -2.82. The average molecular weight is 817 g/mol. The number of nitrogens with one attached hydrogen (secondary N) is 2. The fourth-order valence-corrected chi connectivity index (χ4v) is 6.03. The topological polar surface area (TPSA) is 58.2 Å². The lowest BCUT2D eigenvalue weighted by atomic mass is 9.94. The second-order valence-electron chi connectivity index (χ2n) is 12.7. The number of carbonyl (C=O) groups is 2. The molecule has 16 heteroatoms. The fourth-order valence-electron chi connectivity index (χ4n) is 6.03. The van der Waals surface area contributed by atoms with E-state index in [1.807, 2.05) is 0 Å². The van der Waals surface area contributed by atoms with Crippen molar-refractivity contribution in [1.29, 1.82) is 0 Å². The van der Waals surface area contributed by atoms with Crippen molar-refractivity contribution in [2.45, 2.75) is 24.7 Å². The molecular formula is C42H24F12N2O2. The first-order valence-corrected chi connectivity index (χ1v) is 16.7. The Bertz CT molecular complexity index is 2120. The molecule has 0 atom stereocenters. The Hall–Kier alpha value is -6.58. The summed E-state index contributed by atoms with van der Waals surface area (Å²) in [5, 5.41) is 4.81. The quantitative estimate of drug-likeness (QED) is 0.130. The normalized spacial score (nSPS) is 12.3. The van der Waals surface area contributed by atoms with Crippen LogP contribution in [-0.2, 0) is 34.3 Å². The molecule has 6 aromatic rings. The maximum absolute atomic E-state index is 13.8. The summed E-state index contributed by atoms with van der Waals surface area (Å²) in [5.41, 5.74) is -3.75. The van der Waals surface area contributed by atoms with Crippen molar-refractivity contribution in [3.8, 4) is 44.5 Å². The van der Waals surface area contributed by atoms with Gasteiger partial charge in [-0.2, -0.15) is 52.7 Å². The van der Waals surface area contributed by atoms with E-state index < -0.39 is 58.8 Å². The van der Waals surface area contributed by atoms with E-state index in [9.17, 15) is 62.3 Å². The van der Waals surface area contributed by atoms with Crippen molar-refractivity contribution in [3.05, 3.63) is 156 Å². The van der Waals surface area contributed by atoms with Gasteiger partial charge in [-0.3, -0.25) is 9.59 Å². The number of hydrogen-bond donors (Lipinski definition) is 2. The number of hydrogen-bond acceptors (Lipinski definition) is 2. The molecular weight excluding hydrogens is 792 g/mol. The fraction of sp³-hybridized carbons (Fsp3) is 0.0952. The summed E-state index contributed by atoms with van der Waals surface area (Å²) in [6.07, 6.45) is -18.8. The molecule has 2 N–H and O–H groups in total. The zero-order chi connectivity index (χ0) is 42.2. The van der Waals surface area contributed by atoms with E-state index in [0.717, 1.165) is 97.1 Å². The van der Waals surface area contributed by atoms with E-state index in [4.69, 9.17) is 0 Å². The van der Waals surface area contributed by atoms with Crippen LogP contribution in [0.4, 0.5) is 64.1 Å². The number of amides is 2. The summed E-state index contributed by atoms with van der Waals surface area (Å²) < 4.78 is 160. The van der Waals surface area contributed by atoms with Gasteiger partial charge < -0.3 is 10.6 Å². The van der Waals surface area contributed by atoms with Gasteiger partial charge in [0.1, 0.15) is 0 Å². The molecule has 0 aromatic heterocycles. The summed E-state index contributed by atoms with van der Waals surface area (Å²) in [6, 6.07) is 23.2. The van der Waals surface area contributed by atoms with Gasteiger partial charge >= 0.3 is 36.5 Å². The van der Waals surface area contributed by atoms with Gasteiger partial charge in [0, 0.05) is 22.3 Å². The number of alkyl halides is 12. The minimum Gasteiger partial charge on any atom is -0.317 e. The van der Waals surface area contributed by atoms with Crippen molar-refractivity contribution >= 4 is 23.2 Å². The lowest BCUT2D eigenvalue weighted by molar-refractivity contribution is -0.138. The Labute approximate surface area is 320 Å². The number of benzene rings is 6. The SMILES string of the molecule is O=C(Nc1c(-c2ccc(C(F)(F)F)cc2)cccc1-c1ccc(C(F)(F)F)cc1)C(=O)Nc1c(-c2ccc(C(F)(F)F)cc2)cccc1-c1ccc(C(F)(F)F)cc1. The van der Waals surface area contributed by atoms with Crippen LogP contribution in [0.1, 0.15) is 22.3 Å². The third-order valence-corrected chi connectivity index (χ3v) is 8.91. The molecule has 6 rings (SSSR count). The molecule has 298 valence electrons. The van der Waals surface area contributed by atoms with Crippen molar-refractivity contribution in [1.82, 2.24) is 0 Å². The second-order valence-corrected chi connectivity index (χ2v) is 12.7. The van der Waals surface area contributed by atoms with Gasteiger partial charge in [-0.15, -0.1) is 0 Å². The van der Waals surface area contributed by atoms with Crippen molar-refractivity contribution in [2.75, 3.05) is 10.6 Å². The molecule has 0 radical (unpaired) electrons. The van der Waals surface area contributed by atoms with E-state index in [1.165, 1.54) is 36.4 Å². The zero-order valence-electron chi connectivity index (χ0n) is 29.1. The van der Waals surface area contributed by atoms with E-state index in [0.29, 0.717) is 0 Å². The van der Waals surface area contributed by atoms with Crippen LogP contribution in [0.5, 0.6) is 0 Å². The molecule has 4 nitrogen and oxygen atoms in total. The summed E-state index contributed by atoms with van der Waals surface area (Å²) in [4.78, 5) is 27.6. The van der Waals surface area contributed by atoms with Crippen LogP contribution < -0.4 is 10.6 Å². The van der Waals surface area contributed by atoms with Gasteiger partial charge in [0.2, 0.25) is 0 Å². The first-order chi connectivity index (χ1) is 27.1. The summed E-state index contributed by atoms with van der Waals surface area (Å²) >= 11 is 0. The second kappa shape index (κ2) is 15.4. The molecule has 0 fully saturated rings. The average Bonchev–Trinajstić information content (AvgIpc) is 3.17. The van der Waals surface area contributed by atoms with Crippen LogP contribution >= 0.6 is 0 Å². The van der Waals surface area contributed by atoms with E-state index in [1.54, 1.807) is 0 Å². The Morgan fingerprint density at radius 2 is 0.500 bits per heavy atom. The molecule has 0 spiro atoms. The highest BCUT2D eigenvalue weighted by Gasteiger charge is 2.33. The number of rotatable bonds is 6. The highest BCUT2D eigenvalue weighted by atomic mass is 19.4. The predicted octanol–water partition coefficient (Wildman–Crippen LogP) is 13.0. The van der Waals surface area contributed by atoms with Crippen LogP contribution in [0.15, 0.2) is 133 Å². The smallest absolute Gasteiger partial charge is 0.317 e. The van der Waals surface area contributed by atoms with Crippen LogP contribution in [0.3, 0.4) is 0 Å². The highest BCUT2D eigenvalue weighted by Crippen LogP contribution is 2.42. The number of carbonyl (C=O) groups excluding carboxylic acids is 2. The Kier molecular flexibility index (Phi) is 10.9. The lowest BCUT2D eigenvalue weighted by Crippen LogP contribution is -2.30.